The molecular weight excluding hydrogens is 805 g/mol. The first-order valence-electron chi connectivity index (χ1n) is 12.5. The predicted octanol–water partition coefficient (Wildman–Crippen LogP) is 5.09. The van der Waals surface area contributed by atoms with Crippen LogP contribution in [0.15, 0.2) is 54.6 Å². The number of carbonyl (C=O) groups excluding carboxylic acids is 2. The van der Waals surface area contributed by atoms with Crippen molar-refractivity contribution in [3.63, 3.8) is 0 Å². The number of hydrogen-bond acceptors (Lipinski definition) is 8. The Labute approximate surface area is 281 Å². The van der Waals surface area contributed by atoms with Crippen molar-refractivity contribution >= 4 is 23.2 Å². The van der Waals surface area contributed by atoms with Gasteiger partial charge in [-0.1, -0.05) is 26.0 Å². The maximum Gasteiger partial charge on any atom is 2.00 e. The molecule has 1 spiro atoms. The number of nitrogens with zero attached hydrogens (tertiary/aromatic N) is 6. The summed E-state index contributed by atoms with van der Waals surface area (Å²) in [5.41, 5.74) is 16.1. The molecule has 15 heteroatoms. The van der Waals surface area contributed by atoms with Gasteiger partial charge in [0.2, 0.25) is 18.0 Å². The summed E-state index contributed by atoms with van der Waals surface area (Å²) < 4.78 is 7.18. The van der Waals surface area contributed by atoms with E-state index in [-0.39, 0.29) is 85.8 Å². The number of β-lactam (4-membered cyclic amide) rings is 1. The monoisotopic (exact) mass is 840 g/mol. The van der Waals surface area contributed by atoms with Crippen molar-refractivity contribution in [3.05, 3.63) is 89.2 Å². The van der Waals surface area contributed by atoms with Crippen molar-refractivity contribution in [2.24, 2.45) is 5.41 Å². The molecule has 3 aromatic rings. The molecule has 1 radical (unpaired) electrons. The molecule has 4 heterocycles. The fourth-order valence-corrected chi connectivity index (χ4v) is 4.52. The average Bonchev–Trinajstić information content (AvgIpc) is 3.49. The van der Waals surface area contributed by atoms with E-state index >= 15 is 0 Å². The Morgan fingerprint density at radius 1 is 1.24 bits per heavy atom. The van der Waals surface area contributed by atoms with E-state index in [1.165, 1.54) is 10.7 Å². The molecule has 13 nitrogen and oxygen atoms in total. The number of nitro groups is 1. The number of aromatic nitrogens is 3. The fourth-order valence-electron chi connectivity index (χ4n) is 4.52. The van der Waals surface area contributed by atoms with E-state index in [2.05, 4.69) is 10.1 Å². The summed E-state index contributed by atoms with van der Waals surface area (Å²) in [5.74, 6) is 1.25. The van der Waals surface area contributed by atoms with Crippen molar-refractivity contribution < 1.29 is 68.9 Å². The second-order valence-electron chi connectivity index (χ2n) is 9.14. The quantitative estimate of drug-likeness (QED) is 0.143. The maximum absolute atomic E-state index is 11.7. The molecule has 223 valence electrons. The number of likely N-dealkylation sites (tertiary alicyclic amines) is 2. The van der Waals surface area contributed by atoms with Crippen LogP contribution in [-0.4, -0.2) is 67.7 Å². The molecular formula is C27H35N8O5UV-. The van der Waals surface area contributed by atoms with E-state index in [0.29, 0.717) is 56.0 Å². The van der Waals surface area contributed by atoms with Crippen molar-refractivity contribution in [1.29, 1.82) is 0 Å². The fraction of sp³-hybridized carbons (Fsp3) is 0.370. The van der Waals surface area contributed by atoms with Crippen LogP contribution in [-0.2, 0) is 34.6 Å². The standard InChI is InChI=1S/C15H13N4O2.C9H13N4O3.C2H6.CH3.U.V/c1-10(20)7-11-3-2-4-12(8-11)21-15-6-5-14-17-13(16)9-19(14)18-15;1-11-5-9(8(11)14)2-3-12(6-9)7(10)4-13(15)16;1-2;;;/h2-6,8-9,16H,7H2,1H3;4,10H,2-3,5-6H2,1H3;1-2H3;1H3;;/q2*-1;;-1;+2;/b;7-4-;;;;. The molecule has 2 N–H and O–H groups in total. The summed E-state index contributed by atoms with van der Waals surface area (Å²) in [6.45, 7) is 7.22. The summed E-state index contributed by atoms with van der Waals surface area (Å²) >= 11 is 0. The maximum atomic E-state index is 11.7. The van der Waals surface area contributed by atoms with Crippen LogP contribution in [0.1, 0.15) is 32.8 Å². The van der Waals surface area contributed by atoms with Crippen molar-refractivity contribution in [3.8, 4) is 11.6 Å². The number of imidazole rings is 1. The van der Waals surface area contributed by atoms with Gasteiger partial charge in [-0.15, -0.1) is 5.10 Å². The van der Waals surface area contributed by atoms with Gasteiger partial charge in [0.05, 0.1) is 16.0 Å². The number of Topliss-reactive ketones (excluding diaryl/α,β-unsaturated/α-hetero) is 1. The van der Waals surface area contributed by atoms with Gasteiger partial charge < -0.3 is 38.4 Å². The minimum Gasteiger partial charge on any atom is -0.481 e. The van der Waals surface area contributed by atoms with Gasteiger partial charge in [-0.05, 0) is 56.0 Å². The number of fused-ring (bicyclic) bond motifs is 1. The Bertz CT molecular complexity index is 1400. The van der Waals surface area contributed by atoms with Crippen LogP contribution in [0.2, 0.25) is 0 Å². The van der Waals surface area contributed by atoms with Crippen LogP contribution in [0.4, 0.5) is 5.82 Å². The summed E-state index contributed by atoms with van der Waals surface area (Å²) in [6.07, 6.45) is 3.25. The van der Waals surface area contributed by atoms with Crippen molar-refractivity contribution in [2.75, 3.05) is 26.7 Å². The first-order valence-corrected chi connectivity index (χ1v) is 12.5. The molecule has 5 rings (SSSR count). The van der Waals surface area contributed by atoms with Crippen LogP contribution in [0.25, 0.3) is 17.1 Å². The smallest absolute Gasteiger partial charge is 0.481 e. The Morgan fingerprint density at radius 3 is 2.52 bits per heavy atom. The number of hydrogen-bond donors (Lipinski definition) is 0. The number of carbonyl (C=O) groups is 2. The molecule has 2 fully saturated rings. The Hall–Kier alpha value is -3.04. The molecule has 2 aromatic heterocycles. The number of ether oxygens (including phenoxy) is 1. The third-order valence-electron chi connectivity index (χ3n) is 6.13. The number of rotatable bonds is 6. The number of ketones is 1. The van der Waals surface area contributed by atoms with Gasteiger partial charge in [0.1, 0.15) is 11.5 Å². The third kappa shape index (κ3) is 9.76. The molecule has 0 saturated carbocycles. The van der Waals surface area contributed by atoms with E-state index in [1.807, 2.05) is 32.0 Å². The molecule has 42 heavy (non-hydrogen) atoms. The SMILES string of the molecule is CC.CC(=O)Cc1cccc(Oc2ccc3nc([NH-])cn3n2)c1.CN1CC2(CCN(/C([NH-])=C\[N+](=O)[O-])C2)C1=O.[CH3-].[U+2].[V]. The number of amides is 1. The van der Waals surface area contributed by atoms with E-state index < -0.39 is 4.92 Å². The molecule has 1 aromatic carbocycles. The van der Waals surface area contributed by atoms with Crippen LogP contribution >= 0.6 is 0 Å². The minimum atomic E-state index is -0.637. The second-order valence-corrected chi connectivity index (χ2v) is 9.14. The van der Waals surface area contributed by atoms with Gasteiger partial charge >= 0.3 is 31.1 Å². The summed E-state index contributed by atoms with van der Waals surface area (Å²) in [4.78, 5) is 39.6. The van der Waals surface area contributed by atoms with Crippen molar-refractivity contribution in [1.82, 2.24) is 24.4 Å². The molecule has 1 amide bonds. The van der Waals surface area contributed by atoms with Gasteiger partial charge in [-0.3, -0.25) is 19.7 Å². The number of benzene rings is 1. The molecule has 0 aliphatic carbocycles. The summed E-state index contributed by atoms with van der Waals surface area (Å²) in [7, 11) is 1.74. The first-order chi connectivity index (χ1) is 18.5. The molecule has 1 atom stereocenters. The Kier molecular flexibility index (Phi) is 15.9. The van der Waals surface area contributed by atoms with Crippen LogP contribution in [0.5, 0.6) is 11.6 Å². The molecule has 2 aliphatic heterocycles. The Balaban J connectivity index is 0.000000727. The predicted molar refractivity (Wildman–Crippen MR) is 151 cm³/mol. The van der Waals surface area contributed by atoms with E-state index in [0.717, 1.165) is 5.56 Å². The molecule has 2 aliphatic rings. The van der Waals surface area contributed by atoms with E-state index in [9.17, 15) is 19.7 Å². The third-order valence-corrected chi connectivity index (χ3v) is 6.13. The largest absolute Gasteiger partial charge is 2.00 e. The van der Waals surface area contributed by atoms with Crippen LogP contribution in [0.3, 0.4) is 0 Å². The zero-order valence-electron chi connectivity index (χ0n) is 24.3. The molecule has 2 saturated heterocycles. The second kappa shape index (κ2) is 17.2. The summed E-state index contributed by atoms with van der Waals surface area (Å²) in [6, 6.07) is 10.8. The zero-order valence-corrected chi connectivity index (χ0v) is 29.9. The van der Waals surface area contributed by atoms with Gasteiger partial charge in [0.15, 0.2) is 0 Å². The first kappa shape index (κ1) is 39.0. The van der Waals surface area contributed by atoms with Gasteiger partial charge in [0, 0.05) is 56.7 Å². The topological polar surface area (TPSA) is 171 Å². The van der Waals surface area contributed by atoms with Gasteiger partial charge in [-0.25, -0.2) is 4.52 Å². The van der Waals surface area contributed by atoms with Crippen molar-refractivity contribution in [2.45, 2.75) is 33.6 Å². The Morgan fingerprint density at radius 2 is 1.93 bits per heavy atom. The normalized spacial score (nSPS) is 16.9. The van der Waals surface area contributed by atoms with Gasteiger partial charge in [0.25, 0.3) is 0 Å². The summed E-state index contributed by atoms with van der Waals surface area (Å²) in [5, 5.41) is 14.5. The van der Waals surface area contributed by atoms with Gasteiger partial charge in [-0.2, -0.15) is 0 Å². The molecule has 0 bridgehead atoms. The molecule has 1 unspecified atom stereocenters. The zero-order chi connectivity index (χ0) is 28.7. The van der Waals surface area contributed by atoms with Crippen LogP contribution in [0, 0.1) is 54.1 Å². The average molecular weight is 841 g/mol. The minimum absolute atomic E-state index is 0. The van der Waals surface area contributed by atoms with E-state index in [4.69, 9.17) is 16.2 Å². The van der Waals surface area contributed by atoms with E-state index in [1.54, 1.807) is 42.0 Å². The van der Waals surface area contributed by atoms with Crippen LogP contribution < -0.4 is 4.74 Å². The number of nitrogens with one attached hydrogen (secondary N) is 2.